The van der Waals surface area contributed by atoms with Gasteiger partial charge in [-0.2, -0.15) is 0 Å². The van der Waals surface area contributed by atoms with Gasteiger partial charge in [0.05, 0.1) is 13.2 Å². The molecule has 2 aromatic rings. The van der Waals surface area contributed by atoms with Gasteiger partial charge in [-0.3, -0.25) is 0 Å². The summed E-state index contributed by atoms with van der Waals surface area (Å²) < 4.78 is 5.15. The molecule has 96 valence electrons. The van der Waals surface area contributed by atoms with Gasteiger partial charge in [0.2, 0.25) is 0 Å². The zero-order chi connectivity index (χ0) is 13.1. The fourth-order valence-corrected chi connectivity index (χ4v) is 1.90. The predicted molar refractivity (Wildman–Crippen MR) is 70.5 cm³/mol. The Morgan fingerprint density at radius 3 is 2.44 bits per heavy atom. The molecule has 0 fully saturated rings. The van der Waals surface area contributed by atoms with Crippen LogP contribution in [0.4, 0.5) is 0 Å². The number of ether oxygens (including phenoxy) is 1. The van der Waals surface area contributed by atoms with Gasteiger partial charge in [-0.25, -0.2) is 0 Å². The van der Waals surface area contributed by atoms with Gasteiger partial charge in [0.15, 0.2) is 0 Å². The highest BCUT2D eigenvalue weighted by Gasteiger charge is 2.16. The summed E-state index contributed by atoms with van der Waals surface area (Å²) in [6.07, 6.45) is -1.90. The van der Waals surface area contributed by atoms with Crippen LogP contribution >= 0.6 is 0 Å². The Kier molecular flexibility index (Phi) is 3.81. The second-order valence-electron chi connectivity index (χ2n) is 4.22. The first kappa shape index (κ1) is 12.8. The molecule has 2 atom stereocenters. The highest BCUT2D eigenvalue weighted by molar-refractivity contribution is 5.84. The van der Waals surface area contributed by atoms with Crippen LogP contribution in [-0.2, 0) is 0 Å². The van der Waals surface area contributed by atoms with Crippen molar-refractivity contribution in [1.82, 2.24) is 0 Å². The number of aliphatic hydroxyl groups is 2. The lowest BCUT2D eigenvalue weighted by molar-refractivity contribution is 0.0244. The number of aliphatic hydroxyl groups excluding tert-OH is 2. The molecule has 0 aliphatic rings. The van der Waals surface area contributed by atoms with Crippen molar-refractivity contribution >= 4 is 10.8 Å². The van der Waals surface area contributed by atoms with Crippen molar-refractivity contribution in [3.63, 3.8) is 0 Å². The van der Waals surface area contributed by atoms with Gasteiger partial charge in [0, 0.05) is 6.54 Å². The lowest BCUT2D eigenvalue weighted by atomic mass is 10.0. The number of hydrogen-bond donors (Lipinski definition) is 3. The molecule has 4 nitrogen and oxygen atoms in total. The number of hydrogen-bond acceptors (Lipinski definition) is 4. The Bertz CT molecular complexity index is 542. The Balaban J connectivity index is 2.38. The first-order valence-electron chi connectivity index (χ1n) is 5.79. The summed E-state index contributed by atoms with van der Waals surface area (Å²) in [5.41, 5.74) is 5.99. The molecule has 4 N–H and O–H groups in total. The molecular weight excluding hydrogens is 230 g/mol. The Hall–Kier alpha value is -1.62. The van der Waals surface area contributed by atoms with Gasteiger partial charge in [-0.15, -0.1) is 0 Å². The van der Waals surface area contributed by atoms with E-state index in [0.717, 1.165) is 16.5 Å². The van der Waals surface area contributed by atoms with Gasteiger partial charge in [0.1, 0.15) is 11.9 Å². The molecular formula is C14H17NO3. The molecule has 0 aromatic heterocycles. The summed E-state index contributed by atoms with van der Waals surface area (Å²) >= 11 is 0. The molecule has 0 spiro atoms. The van der Waals surface area contributed by atoms with E-state index >= 15 is 0 Å². The van der Waals surface area contributed by atoms with E-state index in [1.54, 1.807) is 13.2 Å². The third-order valence-corrected chi connectivity index (χ3v) is 3.02. The number of nitrogens with two attached hydrogens (primary N) is 1. The zero-order valence-corrected chi connectivity index (χ0v) is 10.2. The Morgan fingerprint density at radius 2 is 1.78 bits per heavy atom. The van der Waals surface area contributed by atoms with Crippen molar-refractivity contribution in [3.05, 3.63) is 42.0 Å². The van der Waals surface area contributed by atoms with Crippen LogP contribution in [-0.4, -0.2) is 30.0 Å². The molecule has 0 heterocycles. The van der Waals surface area contributed by atoms with Crippen molar-refractivity contribution in [2.24, 2.45) is 5.73 Å². The number of methoxy groups -OCH3 is 1. The first-order valence-corrected chi connectivity index (χ1v) is 5.79. The highest BCUT2D eigenvalue weighted by atomic mass is 16.5. The fraction of sp³-hybridized carbons (Fsp3) is 0.286. The predicted octanol–water partition coefficient (Wildman–Crippen LogP) is 1.20. The number of fused-ring (bicyclic) bond motifs is 1. The minimum absolute atomic E-state index is 0.0296. The van der Waals surface area contributed by atoms with E-state index in [1.165, 1.54) is 0 Å². The van der Waals surface area contributed by atoms with Crippen LogP contribution in [0.25, 0.3) is 10.8 Å². The van der Waals surface area contributed by atoms with Crippen LogP contribution in [0.5, 0.6) is 5.75 Å². The number of rotatable bonds is 4. The summed E-state index contributed by atoms with van der Waals surface area (Å²) in [6, 6.07) is 11.2. The zero-order valence-electron chi connectivity index (χ0n) is 10.2. The fourth-order valence-electron chi connectivity index (χ4n) is 1.90. The smallest absolute Gasteiger partial charge is 0.119 e. The van der Waals surface area contributed by atoms with E-state index in [2.05, 4.69) is 0 Å². The van der Waals surface area contributed by atoms with Gasteiger partial charge in [-0.05, 0) is 34.5 Å². The largest absolute Gasteiger partial charge is 0.497 e. The summed E-state index contributed by atoms with van der Waals surface area (Å²) in [5, 5.41) is 21.4. The Morgan fingerprint density at radius 1 is 1.11 bits per heavy atom. The minimum atomic E-state index is -0.957. The van der Waals surface area contributed by atoms with E-state index in [-0.39, 0.29) is 6.54 Å². The molecule has 0 aliphatic carbocycles. The van der Waals surface area contributed by atoms with Crippen LogP contribution in [0.15, 0.2) is 36.4 Å². The average Bonchev–Trinajstić information content (AvgIpc) is 2.44. The van der Waals surface area contributed by atoms with E-state index in [9.17, 15) is 10.2 Å². The van der Waals surface area contributed by atoms with Crippen molar-refractivity contribution in [2.75, 3.05) is 13.7 Å². The van der Waals surface area contributed by atoms with E-state index in [4.69, 9.17) is 10.5 Å². The SMILES string of the molecule is COc1ccc2cc([C@H](O)[C@@H](O)CN)ccc2c1. The molecule has 0 amide bonds. The van der Waals surface area contributed by atoms with Gasteiger partial charge < -0.3 is 20.7 Å². The normalized spacial score (nSPS) is 14.4. The lowest BCUT2D eigenvalue weighted by Crippen LogP contribution is -2.27. The van der Waals surface area contributed by atoms with Crippen LogP contribution in [0, 0.1) is 0 Å². The molecule has 0 aliphatic heterocycles. The molecule has 0 saturated carbocycles. The maximum atomic E-state index is 9.89. The second kappa shape index (κ2) is 5.35. The molecule has 2 aromatic carbocycles. The summed E-state index contributed by atoms with van der Waals surface area (Å²) in [4.78, 5) is 0. The van der Waals surface area contributed by atoms with Crippen molar-refractivity contribution in [1.29, 1.82) is 0 Å². The molecule has 4 heteroatoms. The molecule has 0 bridgehead atoms. The van der Waals surface area contributed by atoms with Crippen LogP contribution < -0.4 is 10.5 Å². The van der Waals surface area contributed by atoms with Gasteiger partial charge in [0.25, 0.3) is 0 Å². The molecule has 0 unspecified atom stereocenters. The van der Waals surface area contributed by atoms with Crippen LogP contribution in [0.3, 0.4) is 0 Å². The molecule has 0 saturated heterocycles. The first-order chi connectivity index (χ1) is 8.65. The summed E-state index contributed by atoms with van der Waals surface area (Å²) in [7, 11) is 1.62. The molecule has 2 rings (SSSR count). The summed E-state index contributed by atoms with van der Waals surface area (Å²) in [6.45, 7) is 0.0296. The van der Waals surface area contributed by atoms with E-state index in [1.807, 2.05) is 30.3 Å². The van der Waals surface area contributed by atoms with Crippen molar-refractivity contribution in [3.8, 4) is 5.75 Å². The van der Waals surface area contributed by atoms with E-state index < -0.39 is 12.2 Å². The maximum absolute atomic E-state index is 9.89. The summed E-state index contributed by atoms with van der Waals surface area (Å²) in [5.74, 6) is 0.790. The third kappa shape index (κ3) is 2.46. The number of benzene rings is 2. The third-order valence-electron chi connectivity index (χ3n) is 3.02. The van der Waals surface area contributed by atoms with Gasteiger partial charge >= 0.3 is 0 Å². The van der Waals surface area contributed by atoms with Gasteiger partial charge in [-0.1, -0.05) is 18.2 Å². The van der Waals surface area contributed by atoms with E-state index in [0.29, 0.717) is 5.56 Å². The second-order valence-corrected chi connectivity index (χ2v) is 4.22. The molecule has 18 heavy (non-hydrogen) atoms. The maximum Gasteiger partial charge on any atom is 0.119 e. The standard InChI is InChI=1S/C14H17NO3/c1-18-12-5-4-9-6-11(3-2-10(9)7-12)14(17)13(16)8-15/h2-7,13-14,16-17H,8,15H2,1H3/t13-,14-/m0/s1. The lowest BCUT2D eigenvalue weighted by Gasteiger charge is -2.16. The Labute approximate surface area is 106 Å². The molecule has 0 radical (unpaired) electrons. The minimum Gasteiger partial charge on any atom is -0.497 e. The van der Waals surface area contributed by atoms with Crippen molar-refractivity contribution in [2.45, 2.75) is 12.2 Å². The monoisotopic (exact) mass is 247 g/mol. The highest BCUT2D eigenvalue weighted by Crippen LogP contribution is 2.25. The van der Waals surface area contributed by atoms with Crippen LogP contribution in [0.1, 0.15) is 11.7 Å². The quantitative estimate of drug-likeness (QED) is 0.759. The van der Waals surface area contributed by atoms with Crippen LogP contribution in [0.2, 0.25) is 0 Å². The topological polar surface area (TPSA) is 75.7 Å². The average molecular weight is 247 g/mol. The van der Waals surface area contributed by atoms with Crippen molar-refractivity contribution < 1.29 is 14.9 Å².